The van der Waals surface area contributed by atoms with Crippen molar-refractivity contribution in [2.24, 2.45) is 0 Å². The zero-order chi connectivity index (χ0) is 13.1. The molecule has 0 unspecified atom stereocenters. The van der Waals surface area contributed by atoms with Crippen LogP contribution in [0, 0.1) is 13.8 Å². The normalized spacial score (nSPS) is 10.6. The average molecular weight is 281 g/mol. The quantitative estimate of drug-likeness (QED) is 0.685. The molecule has 5 nitrogen and oxygen atoms in total. The molecule has 2 aromatic heterocycles. The molecule has 94 valence electrons. The second-order valence-corrected chi connectivity index (χ2v) is 5.53. The van der Waals surface area contributed by atoms with Crippen molar-refractivity contribution in [2.75, 3.05) is 0 Å². The Morgan fingerprint density at radius 2 is 2.22 bits per heavy atom. The Balaban J connectivity index is 2.28. The summed E-state index contributed by atoms with van der Waals surface area (Å²) in [6, 6.07) is 0. The van der Waals surface area contributed by atoms with Crippen LogP contribution in [0.5, 0.6) is 0 Å². The number of thiazole rings is 1. The van der Waals surface area contributed by atoms with E-state index in [0.29, 0.717) is 22.3 Å². The summed E-state index contributed by atoms with van der Waals surface area (Å²) in [5.41, 5.74) is 2.45. The van der Waals surface area contributed by atoms with E-state index in [0.717, 1.165) is 4.88 Å². The largest absolute Gasteiger partial charge is 0.478 e. The van der Waals surface area contributed by atoms with Gasteiger partial charge >= 0.3 is 5.97 Å². The highest BCUT2D eigenvalue weighted by molar-refractivity contribution is 7.98. The van der Waals surface area contributed by atoms with Crippen molar-refractivity contribution in [1.29, 1.82) is 0 Å². The third kappa shape index (κ3) is 2.85. The van der Waals surface area contributed by atoms with Crippen molar-refractivity contribution in [3.63, 3.8) is 0 Å². The molecule has 2 rings (SSSR count). The van der Waals surface area contributed by atoms with Gasteiger partial charge in [0, 0.05) is 16.8 Å². The molecule has 2 heterocycles. The number of aromatic carboxylic acids is 1. The van der Waals surface area contributed by atoms with Gasteiger partial charge < -0.3 is 5.11 Å². The first-order chi connectivity index (χ1) is 8.58. The lowest BCUT2D eigenvalue weighted by molar-refractivity contribution is 0.0690. The maximum Gasteiger partial charge on any atom is 0.340 e. The van der Waals surface area contributed by atoms with E-state index < -0.39 is 5.97 Å². The van der Waals surface area contributed by atoms with Gasteiger partial charge in [-0.15, -0.1) is 11.3 Å². The van der Waals surface area contributed by atoms with E-state index in [1.807, 2.05) is 0 Å². The summed E-state index contributed by atoms with van der Waals surface area (Å²) >= 11 is 2.94. The highest BCUT2D eigenvalue weighted by Crippen LogP contribution is 2.27. The van der Waals surface area contributed by atoms with Gasteiger partial charge in [-0.25, -0.2) is 14.8 Å². The van der Waals surface area contributed by atoms with Crippen molar-refractivity contribution in [3.8, 4) is 0 Å². The molecule has 0 spiro atoms. The van der Waals surface area contributed by atoms with Crippen LogP contribution in [-0.4, -0.2) is 26.0 Å². The number of aryl methyl sites for hydroxylation is 2. The first-order valence-electron chi connectivity index (χ1n) is 5.16. The van der Waals surface area contributed by atoms with Crippen LogP contribution < -0.4 is 0 Å². The second-order valence-electron chi connectivity index (χ2n) is 3.60. The van der Waals surface area contributed by atoms with Crippen LogP contribution in [0.2, 0.25) is 0 Å². The topological polar surface area (TPSA) is 76.0 Å². The fraction of sp³-hybridized carbons (Fsp3) is 0.273. The van der Waals surface area contributed by atoms with Crippen molar-refractivity contribution < 1.29 is 9.90 Å². The third-order valence-electron chi connectivity index (χ3n) is 2.22. The van der Waals surface area contributed by atoms with Crippen LogP contribution in [0.4, 0.5) is 0 Å². The molecule has 0 saturated carbocycles. The minimum absolute atomic E-state index is 0.190. The number of hydrogen-bond acceptors (Lipinski definition) is 6. The minimum Gasteiger partial charge on any atom is -0.478 e. The molecule has 0 amide bonds. The molecule has 0 aliphatic heterocycles. The van der Waals surface area contributed by atoms with Crippen molar-refractivity contribution in [2.45, 2.75) is 24.6 Å². The fourth-order valence-corrected chi connectivity index (χ4v) is 3.24. The number of hydrogen-bond donors (Lipinski definition) is 1. The first-order valence-corrected chi connectivity index (χ1v) is 7.03. The van der Waals surface area contributed by atoms with E-state index in [9.17, 15) is 9.90 Å². The van der Waals surface area contributed by atoms with E-state index in [-0.39, 0.29) is 5.56 Å². The highest BCUT2D eigenvalue weighted by Gasteiger charge is 2.17. The van der Waals surface area contributed by atoms with E-state index in [1.54, 1.807) is 36.9 Å². The number of carboxylic acid groups (broad SMARTS) is 1. The van der Waals surface area contributed by atoms with Crippen molar-refractivity contribution in [3.05, 3.63) is 33.7 Å². The first kappa shape index (κ1) is 13.0. The minimum atomic E-state index is -0.987. The fourth-order valence-electron chi connectivity index (χ4n) is 1.48. The summed E-state index contributed by atoms with van der Waals surface area (Å²) in [5, 5.41) is 9.71. The third-order valence-corrected chi connectivity index (χ3v) is 4.20. The molecule has 0 aliphatic rings. The van der Waals surface area contributed by atoms with Crippen LogP contribution in [0.3, 0.4) is 0 Å². The molecule has 0 fully saturated rings. The van der Waals surface area contributed by atoms with Gasteiger partial charge in [-0.1, -0.05) is 11.8 Å². The summed E-state index contributed by atoms with van der Waals surface area (Å²) in [6.07, 6.45) is 1.78. The number of carboxylic acids is 1. The SMILES string of the molecule is Cc1nc(C)c(C(=O)O)c(SCc2cncs2)n1. The molecule has 2 aromatic rings. The molecule has 0 saturated heterocycles. The maximum absolute atomic E-state index is 11.2. The Bertz CT molecular complexity index is 570. The molecular formula is C11H11N3O2S2. The number of rotatable bonds is 4. The number of aromatic nitrogens is 3. The Kier molecular flexibility index (Phi) is 3.93. The lowest BCUT2D eigenvalue weighted by atomic mass is 10.2. The Morgan fingerprint density at radius 1 is 1.44 bits per heavy atom. The summed E-state index contributed by atoms with van der Waals surface area (Å²) in [5.74, 6) is 0.268. The smallest absolute Gasteiger partial charge is 0.340 e. The van der Waals surface area contributed by atoms with Gasteiger partial charge in [0.2, 0.25) is 0 Å². The highest BCUT2D eigenvalue weighted by atomic mass is 32.2. The van der Waals surface area contributed by atoms with Crippen molar-refractivity contribution in [1.82, 2.24) is 15.0 Å². The Labute approximate surface area is 112 Å². The molecule has 0 atom stereocenters. The van der Waals surface area contributed by atoms with Gasteiger partial charge in [0.05, 0.1) is 11.2 Å². The van der Waals surface area contributed by atoms with Crippen LogP contribution in [-0.2, 0) is 5.75 Å². The molecule has 18 heavy (non-hydrogen) atoms. The van der Waals surface area contributed by atoms with E-state index in [1.165, 1.54) is 11.8 Å². The number of nitrogens with zero attached hydrogens (tertiary/aromatic N) is 3. The Hall–Kier alpha value is -1.47. The monoisotopic (exact) mass is 281 g/mol. The van der Waals surface area contributed by atoms with Gasteiger partial charge in [0.15, 0.2) is 0 Å². The van der Waals surface area contributed by atoms with Gasteiger partial charge in [-0.2, -0.15) is 0 Å². The zero-order valence-electron chi connectivity index (χ0n) is 9.88. The molecule has 0 radical (unpaired) electrons. The van der Waals surface area contributed by atoms with Crippen LogP contribution in [0.15, 0.2) is 16.7 Å². The average Bonchev–Trinajstić information content (AvgIpc) is 2.77. The molecule has 0 aliphatic carbocycles. The lowest BCUT2D eigenvalue weighted by Crippen LogP contribution is -2.08. The second kappa shape index (κ2) is 5.45. The molecule has 1 N–H and O–H groups in total. The molecule has 0 bridgehead atoms. The molecular weight excluding hydrogens is 270 g/mol. The van der Waals surface area contributed by atoms with Gasteiger partial charge in [-0.3, -0.25) is 4.98 Å². The van der Waals surface area contributed by atoms with Crippen LogP contribution in [0.1, 0.15) is 26.8 Å². The maximum atomic E-state index is 11.2. The summed E-state index contributed by atoms with van der Waals surface area (Å²) in [7, 11) is 0. The number of thioether (sulfide) groups is 1. The van der Waals surface area contributed by atoms with Crippen LogP contribution >= 0.6 is 23.1 Å². The van der Waals surface area contributed by atoms with Gasteiger partial charge in [-0.05, 0) is 13.8 Å². The van der Waals surface area contributed by atoms with E-state index in [4.69, 9.17) is 0 Å². The van der Waals surface area contributed by atoms with E-state index in [2.05, 4.69) is 15.0 Å². The predicted octanol–water partition coefficient (Wildman–Crippen LogP) is 2.54. The van der Waals surface area contributed by atoms with Crippen LogP contribution in [0.25, 0.3) is 0 Å². The standard InChI is InChI=1S/C11H11N3O2S2/c1-6-9(11(15)16)10(14-7(2)13-6)17-4-8-3-12-5-18-8/h3,5H,4H2,1-2H3,(H,15,16). The summed E-state index contributed by atoms with van der Waals surface area (Å²) in [4.78, 5) is 24.6. The summed E-state index contributed by atoms with van der Waals surface area (Å²) in [6.45, 7) is 3.45. The molecule has 7 heteroatoms. The van der Waals surface area contributed by atoms with Crippen molar-refractivity contribution >= 4 is 29.1 Å². The zero-order valence-corrected chi connectivity index (χ0v) is 11.5. The van der Waals surface area contributed by atoms with E-state index >= 15 is 0 Å². The lowest BCUT2D eigenvalue weighted by Gasteiger charge is -2.07. The number of carbonyl (C=O) groups is 1. The predicted molar refractivity (Wildman–Crippen MR) is 70.1 cm³/mol. The van der Waals surface area contributed by atoms with Gasteiger partial charge in [0.25, 0.3) is 0 Å². The van der Waals surface area contributed by atoms with Gasteiger partial charge in [0.1, 0.15) is 16.4 Å². The Morgan fingerprint density at radius 3 is 2.83 bits per heavy atom. The summed E-state index contributed by atoms with van der Waals surface area (Å²) < 4.78 is 0. The molecule has 0 aromatic carbocycles.